The Bertz CT molecular complexity index is 351. The minimum atomic E-state index is -0.570. The number of methoxy groups -OCH3 is 2. The Hall–Kier alpha value is -1.42. The van der Waals surface area contributed by atoms with Gasteiger partial charge in [0.1, 0.15) is 0 Å². The van der Waals surface area contributed by atoms with E-state index in [4.69, 9.17) is 25.8 Å². The highest BCUT2D eigenvalue weighted by Crippen LogP contribution is 2.36. The van der Waals surface area contributed by atoms with Gasteiger partial charge in [0.15, 0.2) is 18.1 Å². The zero-order chi connectivity index (χ0) is 11.3. The second-order valence-electron chi connectivity index (χ2n) is 2.64. The molecule has 5 heteroatoms. The summed E-state index contributed by atoms with van der Waals surface area (Å²) in [6.45, 7) is -0.203. The third kappa shape index (κ3) is 3.02. The summed E-state index contributed by atoms with van der Waals surface area (Å²) < 4.78 is 15.3. The van der Waals surface area contributed by atoms with Gasteiger partial charge in [-0.05, 0) is 23.7 Å². The number of hydrogen-bond donors (Lipinski definition) is 0. The lowest BCUT2D eigenvalue weighted by Gasteiger charge is -2.12. The van der Waals surface area contributed by atoms with Gasteiger partial charge in [0.25, 0.3) is 5.24 Å². The van der Waals surface area contributed by atoms with Crippen LogP contribution in [-0.2, 0) is 4.79 Å². The van der Waals surface area contributed by atoms with Crippen LogP contribution in [0.1, 0.15) is 0 Å². The molecular weight excluding hydrogens is 220 g/mol. The molecule has 0 N–H and O–H groups in total. The molecule has 0 amide bonds. The molecule has 0 fully saturated rings. The van der Waals surface area contributed by atoms with E-state index in [-0.39, 0.29) is 6.61 Å². The van der Waals surface area contributed by atoms with Crippen molar-refractivity contribution in [3.63, 3.8) is 0 Å². The molecule has 1 rings (SSSR count). The van der Waals surface area contributed by atoms with Crippen LogP contribution < -0.4 is 14.2 Å². The normalized spacial score (nSPS) is 9.53. The van der Waals surface area contributed by atoms with Gasteiger partial charge in [-0.3, -0.25) is 4.79 Å². The van der Waals surface area contributed by atoms with Crippen molar-refractivity contribution in [3.05, 3.63) is 18.2 Å². The van der Waals surface area contributed by atoms with Crippen molar-refractivity contribution >= 4 is 16.8 Å². The van der Waals surface area contributed by atoms with E-state index >= 15 is 0 Å². The number of benzene rings is 1. The van der Waals surface area contributed by atoms with Crippen LogP contribution in [0.3, 0.4) is 0 Å². The van der Waals surface area contributed by atoms with Crippen molar-refractivity contribution in [1.82, 2.24) is 0 Å². The molecule has 0 aliphatic rings. The van der Waals surface area contributed by atoms with Gasteiger partial charge in [-0.25, -0.2) is 0 Å². The smallest absolute Gasteiger partial charge is 0.259 e. The van der Waals surface area contributed by atoms with Crippen LogP contribution in [0.25, 0.3) is 0 Å². The van der Waals surface area contributed by atoms with Gasteiger partial charge >= 0.3 is 0 Å². The summed E-state index contributed by atoms with van der Waals surface area (Å²) in [5.41, 5.74) is 0. The van der Waals surface area contributed by atoms with E-state index in [1.807, 2.05) is 0 Å². The molecule has 0 aliphatic heterocycles. The predicted octanol–water partition coefficient (Wildman–Crippen LogP) is 1.85. The number of halogens is 1. The van der Waals surface area contributed by atoms with Gasteiger partial charge in [-0.1, -0.05) is 6.07 Å². The maximum absolute atomic E-state index is 10.5. The first-order chi connectivity index (χ1) is 7.19. The van der Waals surface area contributed by atoms with Crippen LogP contribution in [0.15, 0.2) is 18.2 Å². The van der Waals surface area contributed by atoms with Crippen molar-refractivity contribution < 1.29 is 19.0 Å². The van der Waals surface area contributed by atoms with E-state index in [9.17, 15) is 4.79 Å². The molecule has 0 radical (unpaired) electrons. The zero-order valence-corrected chi connectivity index (χ0v) is 9.21. The Kier molecular flexibility index (Phi) is 4.24. The second kappa shape index (κ2) is 5.46. The van der Waals surface area contributed by atoms with Crippen LogP contribution in [0, 0.1) is 0 Å². The van der Waals surface area contributed by atoms with E-state index < -0.39 is 5.24 Å². The molecule has 0 bridgehead atoms. The maximum Gasteiger partial charge on any atom is 0.259 e. The van der Waals surface area contributed by atoms with Gasteiger partial charge in [0.05, 0.1) is 14.2 Å². The third-order valence-corrected chi connectivity index (χ3v) is 1.82. The first kappa shape index (κ1) is 11.7. The van der Waals surface area contributed by atoms with Crippen molar-refractivity contribution in [3.8, 4) is 17.2 Å². The van der Waals surface area contributed by atoms with E-state index in [1.54, 1.807) is 18.2 Å². The lowest BCUT2D eigenvalue weighted by atomic mass is 10.3. The lowest BCUT2D eigenvalue weighted by Crippen LogP contribution is -2.05. The van der Waals surface area contributed by atoms with Gasteiger partial charge in [0.2, 0.25) is 5.75 Å². The van der Waals surface area contributed by atoms with Crippen LogP contribution in [-0.4, -0.2) is 26.1 Å². The van der Waals surface area contributed by atoms with Gasteiger partial charge < -0.3 is 14.2 Å². The molecule has 1 aromatic rings. The molecule has 0 aliphatic carbocycles. The molecule has 0 saturated carbocycles. The molecule has 0 heterocycles. The predicted molar refractivity (Wildman–Crippen MR) is 55.9 cm³/mol. The average molecular weight is 231 g/mol. The summed E-state index contributed by atoms with van der Waals surface area (Å²) >= 11 is 5.16. The van der Waals surface area contributed by atoms with Crippen molar-refractivity contribution in [2.45, 2.75) is 0 Å². The van der Waals surface area contributed by atoms with Gasteiger partial charge in [0, 0.05) is 0 Å². The highest BCUT2D eigenvalue weighted by atomic mass is 35.5. The number of para-hydroxylation sites is 1. The minimum absolute atomic E-state index is 0.203. The first-order valence-corrected chi connectivity index (χ1v) is 4.59. The first-order valence-electron chi connectivity index (χ1n) is 4.21. The molecule has 1 aromatic carbocycles. The molecule has 4 nitrogen and oxygen atoms in total. The number of carbonyl (C=O) groups is 1. The molecule has 0 atom stereocenters. The minimum Gasteiger partial charge on any atom is -0.493 e. The Balaban J connectivity index is 2.90. The number of hydrogen-bond acceptors (Lipinski definition) is 4. The average Bonchev–Trinajstić information content (AvgIpc) is 2.25. The van der Waals surface area contributed by atoms with Crippen molar-refractivity contribution in [2.75, 3.05) is 20.8 Å². The Labute approximate surface area is 92.7 Å². The summed E-state index contributed by atoms with van der Waals surface area (Å²) in [5.74, 6) is 1.40. The van der Waals surface area contributed by atoms with Crippen LogP contribution >= 0.6 is 11.6 Å². The zero-order valence-electron chi connectivity index (χ0n) is 8.45. The largest absolute Gasteiger partial charge is 0.493 e. The quantitative estimate of drug-likeness (QED) is 0.725. The topological polar surface area (TPSA) is 44.8 Å². The number of carbonyl (C=O) groups excluding carboxylic acids is 1. The summed E-state index contributed by atoms with van der Waals surface area (Å²) in [7, 11) is 3.02. The summed E-state index contributed by atoms with van der Waals surface area (Å²) in [6.07, 6.45) is 0. The van der Waals surface area contributed by atoms with E-state index in [1.165, 1.54) is 14.2 Å². The fourth-order valence-electron chi connectivity index (χ4n) is 1.11. The molecule has 0 saturated heterocycles. The molecule has 82 valence electrons. The number of ether oxygens (including phenoxy) is 3. The molecule has 15 heavy (non-hydrogen) atoms. The summed E-state index contributed by atoms with van der Waals surface area (Å²) in [5, 5.41) is -0.570. The summed E-state index contributed by atoms with van der Waals surface area (Å²) in [4.78, 5) is 10.5. The SMILES string of the molecule is COc1cccc(OCC(=O)Cl)c1OC. The monoisotopic (exact) mass is 230 g/mol. The fourth-order valence-corrected chi connectivity index (χ4v) is 1.16. The molecular formula is C10H11ClO4. The summed E-state index contributed by atoms with van der Waals surface area (Å²) in [6, 6.07) is 5.13. The van der Waals surface area contributed by atoms with Crippen LogP contribution in [0.2, 0.25) is 0 Å². The standard InChI is InChI=1S/C10H11ClO4/c1-13-7-4-3-5-8(10(7)14-2)15-6-9(11)12/h3-5H,6H2,1-2H3. The van der Waals surface area contributed by atoms with E-state index in [0.717, 1.165) is 0 Å². The van der Waals surface area contributed by atoms with Crippen LogP contribution in [0.5, 0.6) is 17.2 Å². The Morgan fingerprint density at radius 3 is 2.47 bits per heavy atom. The van der Waals surface area contributed by atoms with E-state index in [2.05, 4.69) is 0 Å². The molecule has 0 aromatic heterocycles. The number of rotatable bonds is 5. The Morgan fingerprint density at radius 1 is 1.27 bits per heavy atom. The molecule has 0 spiro atoms. The Morgan fingerprint density at radius 2 is 1.93 bits per heavy atom. The molecule has 0 unspecified atom stereocenters. The van der Waals surface area contributed by atoms with Crippen molar-refractivity contribution in [2.24, 2.45) is 0 Å². The van der Waals surface area contributed by atoms with Gasteiger partial charge in [-0.15, -0.1) is 0 Å². The van der Waals surface area contributed by atoms with Crippen LogP contribution in [0.4, 0.5) is 0 Å². The highest BCUT2D eigenvalue weighted by molar-refractivity contribution is 6.63. The highest BCUT2D eigenvalue weighted by Gasteiger charge is 2.11. The van der Waals surface area contributed by atoms with Crippen molar-refractivity contribution in [1.29, 1.82) is 0 Å². The second-order valence-corrected chi connectivity index (χ2v) is 3.06. The van der Waals surface area contributed by atoms with Gasteiger partial charge in [-0.2, -0.15) is 0 Å². The maximum atomic E-state index is 10.5. The van der Waals surface area contributed by atoms with E-state index in [0.29, 0.717) is 17.2 Å². The lowest BCUT2D eigenvalue weighted by molar-refractivity contribution is -0.113. The third-order valence-electron chi connectivity index (χ3n) is 1.71. The fraction of sp³-hybridized carbons (Fsp3) is 0.300.